The number of nitrogens with one attached hydrogen (secondary N) is 3. The van der Waals surface area contributed by atoms with E-state index in [1.165, 1.54) is 19.3 Å². The topological polar surface area (TPSA) is 73.5 Å². The third-order valence-corrected chi connectivity index (χ3v) is 6.13. The molecule has 3 amide bonds. The molecule has 7 heteroatoms. The van der Waals surface area contributed by atoms with Crippen molar-refractivity contribution in [1.29, 1.82) is 0 Å². The molecule has 1 aliphatic carbocycles. The van der Waals surface area contributed by atoms with Crippen molar-refractivity contribution in [3.8, 4) is 0 Å². The average Bonchev–Trinajstić information content (AvgIpc) is 2.64. The van der Waals surface area contributed by atoms with Gasteiger partial charge >= 0.3 is 6.03 Å². The van der Waals surface area contributed by atoms with E-state index in [9.17, 15) is 9.59 Å². The van der Waals surface area contributed by atoms with Crippen molar-refractivity contribution in [3.63, 3.8) is 0 Å². The molecule has 1 aromatic carbocycles. The Hall–Kier alpha value is -1.95. The van der Waals surface area contributed by atoms with Gasteiger partial charge in [-0.3, -0.25) is 4.79 Å². The summed E-state index contributed by atoms with van der Waals surface area (Å²) in [7, 11) is 0. The number of urea groups is 1. The van der Waals surface area contributed by atoms with Crippen LogP contribution in [0.3, 0.4) is 0 Å². The second-order valence-corrected chi connectivity index (χ2v) is 8.00. The number of para-hydroxylation sites is 1. The molecule has 0 aromatic heterocycles. The summed E-state index contributed by atoms with van der Waals surface area (Å²) in [5.74, 6) is -0.110. The van der Waals surface area contributed by atoms with E-state index < -0.39 is 5.66 Å². The molecule has 1 saturated carbocycles. The maximum Gasteiger partial charge on any atom is 0.317 e. The van der Waals surface area contributed by atoms with E-state index in [4.69, 9.17) is 11.6 Å². The average molecular weight is 377 g/mol. The number of anilines is 1. The Bertz CT molecular complexity index is 709. The number of hydrogen-bond donors (Lipinski definition) is 3. The molecular weight excluding hydrogens is 352 g/mol. The number of benzene rings is 1. The molecular formula is C19H25ClN4O2. The lowest BCUT2D eigenvalue weighted by atomic mass is 9.92. The maximum atomic E-state index is 12.5. The number of carbonyl (C=O) groups is 2. The van der Waals surface area contributed by atoms with Crippen molar-refractivity contribution in [2.45, 2.75) is 56.7 Å². The van der Waals surface area contributed by atoms with E-state index in [1.807, 2.05) is 4.90 Å². The van der Waals surface area contributed by atoms with Gasteiger partial charge in [-0.1, -0.05) is 36.9 Å². The van der Waals surface area contributed by atoms with Gasteiger partial charge in [-0.05, 0) is 25.0 Å². The van der Waals surface area contributed by atoms with Crippen molar-refractivity contribution in [1.82, 2.24) is 15.5 Å². The van der Waals surface area contributed by atoms with E-state index in [1.54, 1.807) is 18.2 Å². The van der Waals surface area contributed by atoms with Gasteiger partial charge in [0.25, 0.3) is 5.91 Å². The van der Waals surface area contributed by atoms with Crippen molar-refractivity contribution < 1.29 is 9.59 Å². The number of halogens is 1. The summed E-state index contributed by atoms with van der Waals surface area (Å²) in [6, 6.07) is 5.66. The summed E-state index contributed by atoms with van der Waals surface area (Å²) in [5, 5.41) is 10.2. The minimum atomic E-state index is -0.531. The minimum absolute atomic E-state index is 0.0207. The van der Waals surface area contributed by atoms with Crippen LogP contribution >= 0.6 is 11.6 Å². The predicted octanol–water partition coefficient (Wildman–Crippen LogP) is 3.33. The second kappa shape index (κ2) is 6.99. The van der Waals surface area contributed by atoms with Gasteiger partial charge in [-0.25, -0.2) is 4.79 Å². The molecule has 0 atom stereocenters. The van der Waals surface area contributed by atoms with Gasteiger partial charge < -0.3 is 20.9 Å². The van der Waals surface area contributed by atoms with Crippen LogP contribution in [0.25, 0.3) is 0 Å². The molecule has 140 valence electrons. The Balaban J connectivity index is 1.39. The maximum absolute atomic E-state index is 12.5. The first-order valence-corrected chi connectivity index (χ1v) is 9.89. The molecule has 6 nitrogen and oxygen atoms in total. The van der Waals surface area contributed by atoms with Crippen LogP contribution < -0.4 is 16.0 Å². The fourth-order valence-corrected chi connectivity index (χ4v) is 4.47. The first kappa shape index (κ1) is 17.5. The molecule has 1 spiro atoms. The minimum Gasteiger partial charge on any atom is -0.361 e. The monoisotopic (exact) mass is 376 g/mol. The molecule has 2 fully saturated rings. The number of carbonyl (C=O) groups excluding carboxylic acids is 2. The summed E-state index contributed by atoms with van der Waals surface area (Å²) in [5.41, 5.74) is 0.732. The zero-order valence-electron chi connectivity index (χ0n) is 14.8. The smallest absolute Gasteiger partial charge is 0.317 e. The van der Waals surface area contributed by atoms with Gasteiger partial charge in [-0.15, -0.1) is 0 Å². The van der Waals surface area contributed by atoms with Crippen molar-refractivity contribution in [2.75, 3.05) is 18.4 Å². The lowest BCUT2D eigenvalue weighted by molar-refractivity contribution is 0.0846. The number of piperidine rings is 1. The largest absolute Gasteiger partial charge is 0.361 e. The molecule has 2 aliphatic heterocycles. The van der Waals surface area contributed by atoms with Gasteiger partial charge in [0.1, 0.15) is 5.66 Å². The number of nitrogens with zero attached hydrogens (tertiary/aromatic N) is 1. The van der Waals surface area contributed by atoms with Gasteiger partial charge in [0.2, 0.25) is 0 Å². The van der Waals surface area contributed by atoms with Gasteiger partial charge in [0, 0.05) is 32.0 Å². The highest BCUT2D eigenvalue weighted by Gasteiger charge is 2.41. The number of rotatable bonds is 1. The van der Waals surface area contributed by atoms with E-state index in [2.05, 4.69) is 16.0 Å². The fraction of sp³-hybridized carbons (Fsp3) is 0.579. The van der Waals surface area contributed by atoms with Crippen LogP contribution in [0, 0.1) is 0 Å². The quantitative estimate of drug-likeness (QED) is 0.703. The van der Waals surface area contributed by atoms with Crippen LogP contribution in [0.1, 0.15) is 55.3 Å². The van der Waals surface area contributed by atoms with Crippen molar-refractivity contribution in [3.05, 3.63) is 28.8 Å². The lowest BCUT2D eigenvalue weighted by Gasteiger charge is -2.46. The van der Waals surface area contributed by atoms with E-state index in [0.717, 1.165) is 12.8 Å². The Morgan fingerprint density at radius 1 is 1.15 bits per heavy atom. The van der Waals surface area contributed by atoms with Crippen LogP contribution in [0.4, 0.5) is 10.5 Å². The summed E-state index contributed by atoms with van der Waals surface area (Å²) < 4.78 is 0. The third kappa shape index (κ3) is 3.34. The van der Waals surface area contributed by atoms with Crippen LogP contribution in [0.15, 0.2) is 18.2 Å². The predicted molar refractivity (Wildman–Crippen MR) is 101 cm³/mol. The zero-order valence-corrected chi connectivity index (χ0v) is 15.6. The van der Waals surface area contributed by atoms with Crippen LogP contribution in [0.5, 0.6) is 0 Å². The highest BCUT2D eigenvalue weighted by molar-refractivity contribution is 6.34. The molecule has 0 radical (unpaired) electrons. The summed E-state index contributed by atoms with van der Waals surface area (Å²) in [6.07, 6.45) is 7.14. The summed E-state index contributed by atoms with van der Waals surface area (Å²) in [6.45, 7) is 1.21. The third-order valence-electron chi connectivity index (χ3n) is 5.81. The van der Waals surface area contributed by atoms with E-state index >= 15 is 0 Å². The lowest BCUT2D eigenvalue weighted by Crippen LogP contribution is -2.63. The van der Waals surface area contributed by atoms with Crippen LogP contribution in [-0.2, 0) is 0 Å². The Morgan fingerprint density at radius 3 is 2.62 bits per heavy atom. The molecule has 0 bridgehead atoms. The summed E-state index contributed by atoms with van der Waals surface area (Å²) in [4.78, 5) is 26.9. The normalized spacial score (nSPS) is 22.3. The number of amides is 3. The zero-order chi connectivity index (χ0) is 18.1. The van der Waals surface area contributed by atoms with Gasteiger partial charge in [0.15, 0.2) is 0 Å². The summed E-state index contributed by atoms with van der Waals surface area (Å²) >= 11 is 6.28. The van der Waals surface area contributed by atoms with Crippen molar-refractivity contribution >= 4 is 29.2 Å². The molecule has 4 rings (SSSR count). The molecule has 3 N–H and O–H groups in total. The highest BCUT2D eigenvalue weighted by Crippen LogP contribution is 2.35. The van der Waals surface area contributed by atoms with E-state index in [-0.39, 0.29) is 11.9 Å². The number of likely N-dealkylation sites (tertiary alicyclic amines) is 1. The van der Waals surface area contributed by atoms with E-state index in [0.29, 0.717) is 48.2 Å². The standard InChI is InChI=1S/C19H25ClN4O2/c20-15-8-4-7-14-16(15)22-19(23-17(14)25)9-11-24(12-10-19)18(26)21-13-5-2-1-3-6-13/h4,7-8,13,22H,1-3,5-6,9-12H2,(H,21,26)(H,23,25). The van der Waals surface area contributed by atoms with Crippen LogP contribution in [0.2, 0.25) is 5.02 Å². The number of hydrogen-bond acceptors (Lipinski definition) is 3. The Labute approximate surface area is 158 Å². The second-order valence-electron chi connectivity index (χ2n) is 7.60. The molecule has 1 aromatic rings. The first-order valence-electron chi connectivity index (χ1n) is 9.51. The van der Waals surface area contributed by atoms with Crippen molar-refractivity contribution in [2.24, 2.45) is 0 Å². The number of fused-ring (bicyclic) bond motifs is 1. The first-order chi connectivity index (χ1) is 12.6. The molecule has 3 aliphatic rings. The molecule has 0 unspecified atom stereocenters. The van der Waals surface area contributed by atoms with Gasteiger partial charge in [-0.2, -0.15) is 0 Å². The molecule has 26 heavy (non-hydrogen) atoms. The Kier molecular flexibility index (Phi) is 4.69. The molecule has 2 heterocycles. The fourth-order valence-electron chi connectivity index (χ4n) is 4.25. The SMILES string of the molecule is O=C1NC2(CCN(C(=O)NC3CCCCC3)CC2)Nc2c(Cl)cccc21. The molecule has 1 saturated heterocycles. The highest BCUT2D eigenvalue weighted by atomic mass is 35.5. The Morgan fingerprint density at radius 2 is 1.88 bits per heavy atom. The van der Waals surface area contributed by atoms with Crippen LogP contribution in [-0.4, -0.2) is 41.6 Å². The van der Waals surface area contributed by atoms with Gasteiger partial charge in [0.05, 0.1) is 16.3 Å².